The van der Waals surface area contributed by atoms with Gasteiger partial charge in [0.05, 0.1) is 17.9 Å². The van der Waals surface area contributed by atoms with Crippen molar-refractivity contribution >= 4 is 16.9 Å². The van der Waals surface area contributed by atoms with Crippen molar-refractivity contribution in [3.63, 3.8) is 0 Å². The summed E-state index contributed by atoms with van der Waals surface area (Å²) >= 11 is 0. The fourth-order valence-electron chi connectivity index (χ4n) is 5.81. The number of anilines is 1. The second kappa shape index (κ2) is 10.1. The highest BCUT2D eigenvalue weighted by molar-refractivity contribution is 5.75. The second-order valence-corrected chi connectivity index (χ2v) is 10.4. The first-order valence-corrected chi connectivity index (χ1v) is 12.6. The summed E-state index contributed by atoms with van der Waals surface area (Å²) in [4.78, 5) is 15.0. The van der Waals surface area contributed by atoms with Crippen molar-refractivity contribution in [1.82, 2.24) is 29.7 Å². The predicted octanol–water partition coefficient (Wildman–Crippen LogP) is 3.78. The number of aromatic nitrogens is 3. The van der Waals surface area contributed by atoms with Crippen molar-refractivity contribution < 1.29 is 0 Å². The minimum Gasteiger partial charge on any atom is -0.381 e. The second-order valence-electron chi connectivity index (χ2n) is 10.4. The molecule has 0 spiro atoms. The fourth-order valence-corrected chi connectivity index (χ4v) is 5.81. The molecule has 4 rings (SSSR count). The maximum Gasteiger partial charge on any atom is 0.159 e. The molecule has 1 saturated carbocycles. The van der Waals surface area contributed by atoms with Crippen LogP contribution < -0.4 is 10.6 Å². The molecular formula is C25H43N7. The van der Waals surface area contributed by atoms with Crippen molar-refractivity contribution in [3.8, 4) is 0 Å². The summed E-state index contributed by atoms with van der Waals surface area (Å²) in [5, 5.41) is 7.40. The molecule has 1 aliphatic heterocycles. The number of hydrogen-bond donors (Lipinski definition) is 2. The lowest BCUT2D eigenvalue weighted by atomic mass is 9.90. The highest BCUT2D eigenvalue weighted by atomic mass is 15.3. The zero-order valence-corrected chi connectivity index (χ0v) is 20.9. The van der Waals surface area contributed by atoms with Crippen LogP contribution in [0.1, 0.15) is 71.2 Å². The molecule has 7 nitrogen and oxygen atoms in total. The zero-order valence-electron chi connectivity index (χ0n) is 20.9. The number of piperazine rings is 1. The van der Waals surface area contributed by atoms with Gasteiger partial charge < -0.3 is 20.1 Å². The Bertz CT molecular complexity index is 874. The van der Waals surface area contributed by atoms with Crippen molar-refractivity contribution in [3.05, 3.63) is 18.1 Å². The summed E-state index contributed by atoms with van der Waals surface area (Å²) < 4.78 is 2.22. The van der Waals surface area contributed by atoms with E-state index in [4.69, 9.17) is 9.97 Å². The van der Waals surface area contributed by atoms with Gasteiger partial charge in [0.2, 0.25) is 0 Å². The topological polar surface area (TPSA) is 61.3 Å². The number of nitrogens with one attached hydrogen (secondary N) is 2. The maximum atomic E-state index is 5.14. The standard InChI is InChI=1S/C25H43N7/c1-7-8-23(32-15-17(2)27-18(3)16-32)25-29-22-13-20(14-26-24(22)31(25)6)28-19-9-11-21(12-10-19)30(4)5/h13-14,17-19,21,23,27-28H,7-12,15-16H2,1-6H3. The Balaban J connectivity index is 1.52. The molecule has 3 unspecified atom stereocenters. The Morgan fingerprint density at radius 2 is 1.84 bits per heavy atom. The fraction of sp³-hybridized carbons (Fsp3) is 0.760. The van der Waals surface area contributed by atoms with Gasteiger partial charge in [-0.05, 0) is 66.1 Å². The zero-order chi connectivity index (χ0) is 22.8. The number of pyridine rings is 1. The third-order valence-corrected chi connectivity index (χ3v) is 7.43. The van der Waals surface area contributed by atoms with Crippen LogP contribution >= 0.6 is 0 Å². The Morgan fingerprint density at radius 1 is 1.16 bits per heavy atom. The molecule has 2 aliphatic rings. The quantitative estimate of drug-likeness (QED) is 0.682. The molecule has 2 fully saturated rings. The number of aryl methyl sites for hydroxylation is 1. The predicted molar refractivity (Wildman–Crippen MR) is 133 cm³/mol. The average molecular weight is 442 g/mol. The van der Waals surface area contributed by atoms with Gasteiger partial charge in [0.25, 0.3) is 0 Å². The molecule has 7 heteroatoms. The van der Waals surface area contributed by atoms with Crippen LogP contribution in [0.25, 0.3) is 11.2 Å². The van der Waals surface area contributed by atoms with Crippen LogP contribution in [0.4, 0.5) is 5.69 Å². The van der Waals surface area contributed by atoms with Crippen LogP contribution in [0, 0.1) is 0 Å². The summed E-state index contributed by atoms with van der Waals surface area (Å²) in [7, 11) is 6.52. The lowest BCUT2D eigenvalue weighted by molar-refractivity contribution is 0.110. The van der Waals surface area contributed by atoms with Crippen molar-refractivity contribution in [2.75, 3.05) is 32.5 Å². The van der Waals surface area contributed by atoms with Crippen LogP contribution in [0.15, 0.2) is 12.3 Å². The van der Waals surface area contributed by atoms with Crippen molar-refractivity contribution in [2.24, 2.45) is 7.05 Å². The first-order chi connectivity index (χ1) is 15.4. The summed E-state index contributed by atoms with van der Waals surface area (Å²) in [6.45, 7) is 8.97. The Labute approximate surface area is 194 Å². The summed E-state index contributed by atoms with van der Waals surface area (Å²) in [5.41, 5.74) is 3.10. The molecule has 3 atom stereocenters. The average Bonchev–Trinajstić information content (AvgIpc) is 3.07. The number of hydrogen-bond acceptors (Lipinski definition) is 6. The van der Waals surface area contributed by atoms with Gasteiger partial charge in [-0.2, -0.15) is 0 Å². The van der Waals surface area contributed by atoms with Crippen LogP contribution in [-0.4, -0.2) is 75.7 Å². The van der Waals surface area contributed by atoms with Gasteiger partial charge in [-0.1, -0.05) is 13.3 Å². The lowest BCUT2D eigenvalue weighted by Gasteiger charge is -2.40. The van der Waals surface area contributed by atoms with Crippen LogP contribution in [-0.2, 0) is 7.05 Å². The van der Waals surface area contributed by atoms with E-state index in [0.29, 0.717) is 24.2 Å². The number of fused-ring (bicyclic) bond motifs is 1. The molecule has 0 amide bonds. The molecule has 3 heterocycles. The molecule has 2 N–H and O–H groups in total. The van der Waals surface area contributed by atoms with Crippen LogP contribution in [0.2, 0.25) is 0 Å². The van der Waals surface area contributed by atoms with Gasteiger partial charge in [-0.15, -0.1) is 0 Å². The van der Waals surface area contributed by atoms with E-state index in [0.717, 1.165) is 54.6 Å². The lowest BCUT2D eigenvalue weighted by Crippen LogP contribution is -2.55. The van der Waals surface area contributed by atoms with E-state index in [9.17, 15) is 0 Å². The third kappa shape index (κ3) is 5.10. The molecular weight excluding hydrogens is 398 g/mol. The van der Waals surface area contributed by atoms with E-state index in [1.54, 1.807) is 0 Å². The highest BCUT2D eigenvalue weighted by Crippen LogP contribution is 2.30. The highest BCUT2D eigenvalue weighted by Gasteiger charge is 2.30. The van der Waals surface area contributed by atoms with E-state index in [2.05, 4.69) is 73.0 Å². The van der Waals surface area contributed by atoms with Crippen LogP contribution in [0.5, 0.6) is 0 Å². The molecule has 178 valence electrons. The molecule has 1 saturated heterocycles. The minimum atomic E-state index is 0.337. The maximum absolute atomic E-state index is 5.14. The Hall–Kier alpha value is -1.70. The monoisotopic (exact) mass is 441 g/mol. The molecule has 2 aromatic heterocycles. The van der Waals surface area contributed by atoms with Gasteiger partial charge in [0.15, 0.2) is 5.65 Å². The minimum absolute atomic E-state index is 0.337. The molecule has 1 aliphatic carbocycles. The Kier molecular flexibility index (Phi) is 7.37. The molecule has 32 heavy (non-hydrogen) atoms. The summed E-state index contributed by atoms with van der Waals surface area (Å²) in [5.74, 6) is 1.15. The van der Waals surface area contributed by atoms with Gasteiger partial charge in [-0.3, -0.25) is 4.90 Å². The van der Waals surface area contributed by atoms with Crippen molar-refractivity contribution in [1.29, 1.82) is 0 Å². The number of nitrogens with zero attached hydrogens (tertiary/aromatic N) is 5. The van der Waals surface area contributed by atoms with Crippen LogP contribution in [0.3, 0.4) is 0 Å². The van der Waals surface area contributed by atoms with E-state index in [1.807, 2.05) is 6.20 Å². The largest absolute Gasteiger partial charge is 0.381 e. The number of imidazole rings is 1. The van der Waals surface area contributed by atoms with E-state index < -0.39 is 0 Å². The first kappa shape index (κ1) is 23.5. The first-order valence-electron chi connectivity index (χ1n) is 12.6. The van der Waals surface area contributed by atoms with E-state index in [1.165, 1.54) is 25.7 Å². The van der Waals surface area contributed by atoms with Gasteiger partial charge >= 0.3 is 0 Å². The SMILES string of the molecule is CCCC(c1nc2cc(NC3CCC(N(C)C)CC3)cnc2n1C)N1CC(C)NC(C)C1. The molecule has 0 aromatic carbocycles. The molecule has 0 bridgehead atoms. The van der Waals surface area contributed by atoms with Gasteiger partial charge in [-0.25, -0.2) is 9.97 Å². The van der Waals surface area contributed by atoms with Gasteiger partial charge in [0, 0.05) is 44.3 Å². The smallest absolute Gasteiger partial charge is 0.159 e. The summed E-state index contributed by atoms with van der Waals surface area (Å²) in [6.07, 6.45) is 9.21. The third-order valence-electron chi connectivity index (χ3n) is 7.43. The van der Waals surface area contributed by atoms with E-state index in [-0.39, 0.29) is 0 Å². The number of rotatable bonds is 7. The summed E-state index contributed by atoms with van der Waals surface area (Å²) in [6, 6.07) is 4.80. The Morgan fingerprint density at radius 3 is 2.47 bits per heavy atom. The molecule has 2 aromatic rings. The molecule has 0 radical (unpaired) electrons. The van der Waals surface area contributed by atoms with Gasteiger partial charge in [0.1, 0.15) is 11.3 Å². The normalized spacial score (nSPS) is 28.3. The van der Waals surface area contributed by atoms with E-state index >= 15 is 0 Å². The van der Waals surface area contributed by atoms with Crippen molar-refractivity contribution in [2.45, 2.75) is 89.5 Å².